The minimum Gasteiger partial charge on any atom is -0.346 e. The Balaban J connectivity index is 1.61. The molecule has 0 radical (unpaired) electrons. The van der Waals surface area contributed by atoms with E-state index in [1.165, 1.54) is 4.57 Å². The lowest BCUT2D eigenvalue weighted by Crippen LogP contribution is -2.34. The van der Waals surface area contributed by atoms with Gasteiger partial charge in [0.05, 0.1) is 28.9 Å². The van der Waals surface area contributed by atoms with E-state index in [1.54, 1.807) is 42.5 Å². The van der Waals surface area contributed by atoms with Crippen molar-refractivity contribution in [3.8, 4) is 0 Å². The number of carbonyl (C=O) groups is 2. The van der Waals surface area contributed by atoms with Crippen molar-refractivity contribution in [3.63, 3.8) is 0 Å². The molecule has 0 fully saturated rings. The molecule has 0 aliphatic heterocycles. The lowest BCUT2D eigenvalue weighted by atomic mass is 10.2. The molecule has 9 heteroatoms. The summed E-state index contributed by atoms with van der Waals surface area (Å²) in [6.45, 7) is 3.80. The summed E-state index contributed by atoms with van der Waals surface area (Å²) >= 11 is 4.49. The molecule has 0 aliphatic carbocycles. The number of nitrogens with zero attached hydrogens (tertiary/aromatic N) is 2. The van der Waals surface area contributed by atoms with Crippen molar-refractivity contribution >= 4 is 56.1 Å². The van der Waals surface area contributed by atoms with Crippen LogP contribution in [-0.2, 0) is 16.1 Å². The summed E-state index contributed by atoms with van der Waals surface area (Å²) in [6.07, 6.45) is 1.61. The van der Waals surface area contributed by atoms with Gasteiger partial charge in [-0.2, -0.15) is 0 Å². The molecule has 0 spiro atoms. The maximum Gasteiger partial charge on any atom is 0.262 e. The van der Waals surface area contributed by atoms with Gasteiger partial charge >= 0.3 is 0 Å². The molecule has 0 aliphatic rings. The molecular formula is C21H19BrN4O3S. The van der Waals surface area contributed by atoms with Gasteiger partial charge in [-0.25, -0.2) is 4.98 Å². The summed E-state index contributed by atoms with van der Waals surface area (Å²) in [4.78, 5) is 41.5. The lowest BCUT2D eigenvalue weighted by molar-refractivity contribution is -0.122. The van der Waals surface area contributed by atoms with E-state index in [-0.39, 0.29) is 36.2 Å². The van der Waals surface area contributed by atoms with Crippen molar-refractivity contribution in [3.05, 3.63) is 76.0 Å². The van der Waals surface area contributed by atoms with Gasteiger partial charge in [0, 0.05) is 11.0 Å². The highest BCUT2D eigenvalue weighted by molar-refractivity contribution is 9.10. The van der Waals surface area contributed by atoms with Crippen molar-refractivity contribution in [2.45, 2.75) is 11.7 Å². The van der Waals surface area contributed by atoms with E-state index in [2.05, 4.69) is 38.1 Å². The second-order valence-corrected chi connectivity index (χ2v) is 8.01. The average molecular weight is 487 g/mol. The SMILES string of the molecule is C=CCn1c(SCC(=O)NCC(=O)Nc2ccccc2Br)nc2ccccc2c1=O. The summed E-state index contributed by atoms with van der Waals surface area (Å²) in [5, 5.41) is 6.22. The smallest absolute Gasteiger partial charge is 0.262 e. The van der Waals surface area contributed by atoms with E-state index in [0.717, 1.165) is 16.2 Å². The van der Waals surface area contributed by atoms with Crippen LogP contribution in [0.2, 0.25) is 0 Å². The van der Waals surface area contributed by atoms with Crippen LogP contribution in [0.3, 0.4) is 0 Å². The molecule has 0 atom stereocenters. The van der Waals surface area contributed by atoms with Crippen LogP contribution in [-0.4, -0.2) is 33.7 Å². The van der Waals surface area contributed by atoms with Crippen LogP contribution in [0.1, 0.15) is 0 Å². The molecule has 1 aromatic heterocycles. The monoisotopic (exact) mass is 486 g/mol. The second kappa shape index (κ2) is 10.2. The van der Waals surface area contributed by atoms with Crippen molar-refractivity contribution in [2.24, 2.45) is 0 Å². The Morgan fingerprint density at radius 3 is 2.63 bits per heavy atom. The van der Waals surface area contributed by atoms with Gasteiger partial charge in [-0.1, -0.05) is 42.1 Å². The van der Waals surface area contributed by atoms with Gasteiger partial charge in [0.25, 0.3) is 5.56 Å². The molecule has 154 valence electrons. The number of amides is 2. The number of nitrogens with one attached hydrogen (secondary N) is 2. The summed E-state index contributed by atoms with van der Waals surface area (Å²) in [6, 6.07) is 14.3. The van der Waals surface area contributed by atoms with Gasteiger partial charge in [-0.3, -0.25) is 19.0 Å². The standard InChI is InChI=1S/C21H19BrN4O3S/c1-2-11-26-20(29)14-7-3-5-9-16(14)25-21(26)30-13-19(28)23-12-18(27)24-17-10-6-4-8-15(17)22/h2-10H,1,11-13H2,(H,23,28)(H,24,27). The molecule has 1 heterocycles. The number of hydrogen-bond acceptors (Lipinski definition) is 5. The Bertz CT molecular complexity index is 1160. The number of allylic oxidation sites excluding steroid dienone is 1. The first-order valence-corrected chi connectivity index (χ1v) is 10.8. The molecule has 2 aromatic carbocycles. The first-order valence-electron chi connectivity index (χ1n) is 9.04. The van der Waals surface area contributed by atoms with Gasteiger partial charge in [-0.15, -0.1) is 6.58 Å². The number of rotatable bonds is 8. The maximum atomic E-state index is 12.7. The molecule has 30 heavy (non-hydrogen) atoms. The minimum atomic E-state index is -0.340. The van der Waals surface area contributed by atoms with Gasteiger partial charge in [0.15, 0.2) is 5.16 Å². The zero-order valence-electron chi connectivity index (χ0n) is 15.9. The predicted molar refractivity (Wildman–Crippen MR) is 123 cm³/mol. The van der Waals surface area contributed by atoms with E-state index in [0.29, 0.717) is 21.7 Å². The van der Waals surface area contributed by atoms with Crippen LogP contribution in [0.15, 0.2) is 75.6 Å². The number of thioether (sulfide) groups is 1. The number of carbonyl (C=O) groups excluding carboxylic acids is 2. The Labute approximate surface area is 185 Å². The fourth-order valence-corrected chi connectivity index (χ4v) is 3.89. The Hall–Kier alpha value is -2.91. The van der Waals surface area contributed by atoms with E-state index >= 15 is 0 Å². The summed E-state index contributed by atoms with van der Waals surface area (Å²) in [7, 11) is 0. The van der Waals surface area contributed by atoms with Crippen LogP contribution < -0.4 is 16.2 Å². The zero-order valence-corrected chi connectivity index (χ0v) is 18.3. The third kappa shape index (κ3) is 5.37. The fourth-order valence-electron chi connectivity index (χ4n) is 2.66. The quantitative estimate of drug-likeness (QED) is 0.289. The van der Waals surface area contributed by atoms with Gasteiger partial charge in [0.1, 0.15) is 0 Å². The zero-order chi connectivity index (χ0) is 21.5. The van der Waals surface area contributed by atoms with Crippen LogP contribution in [0.25, 0.3) is 10.9 Å². The highest BCUT2D eigenvalue weighted by Gasteiger charge is 2.13. The third-order valence-corrected chi connectivity index (χ3v) is 5.73. The highest BCUT2D eigenvalue weighted by Crippen LogP contribution is 2.21. The number of fused-ring (bicyclic) bond motifs is 1. The molecule has 2 amide bonds. The molecular weight excluding hydrogens is 468 g/mol. The summed E-state index contributed by atoms with van der Waals surface area (Å²) in [5.41, 5.74) is 1.01. The topological polar surface area (TPSA) is 93.1 Å². The van der Waals surface area contributed by atoms with Crippen molar-refractivity contribution in [1.82, 2.24) is 14.9 Å². The van der Waals surface area contributed by atoms with E-state index in [4.69, 9.17) is 0 Å². The molecule has 0 saturated heterocycles. The molecule has 3 rings (SSSR count). The van der Waals surface area contributed by atoms with Crippen LogP contribution in [0.5, 0.6) is 0 Å². The molecule has 2 N–H and O–H groups in total. The van der Waals surface area contributed by atoms with Crippen molar-refractivity contribution < 1.29 is 9.59 Å². The van der Waals surface area contributed by atoms with Crippen molar-refractivity contribution in [1.29, 1.82) is 0 Å². The first kappa shape index (κ1) is 21.8. The number of anilines is 1. The number of aromatic nitrogens is 2. The molecule has 0 saturated carbocycles. The van der Waals surface area contributed by atoms with E-state index in [1.807, 2.05) is 12.1 Å². The van der Waals surface area contributed by atoms with E-state index in [9.17, 15) is 14.4 Å². The first-order chi connectivity index (χ1) is 14.5. The number of para-hydroxylation sites is 2. The molecule has 0 bridgehead atoms. The van der Waals surface area contributed by atoms with Crippen molar-refractivity contribution in [2.75, 3.05) is 17.6 Å². The minimum absolute atomic E-state index is 0.0181. The third-order valence-electron chi connectivity index (χ3n) is 4.06. The Morgan fingerprint density at radius 2 is 1.87 bits per heavy atom. The Kier molecular flexibility index (Phi) is 7.42. The van der Waals surface area contributed by atoms with Gasteiger partial charge in [0.2, 0.25) is 11.8 Å². The summed E-state index contributed by atoms with van der Waals surface area (Å²) in [5.74, 6) is -0.660. The van der Waals surface area contributed by atoms with Crippen LogP contribution in [0, 0.1) is 0 Å². The molecule has 0 unspecified atom stereocenters. The Morgan fingerprint density at radius 1 is 1.13 bits per heavy atom. The lowest BCUT2D eigenvalue weighted by Gasteiger charge is -2.11. The largest absolute Gasteiger partial charge is 0.346 e. The molecule has 3 aromatic rings. The van der Waals surface area contributed by atoms with Gasteiger partial charge in [-0.05, 0) is 40.2 Å². The van der Waals surface area contributed by atoms with Gasteiger partial charge < -0.3 is 10.6 Å². The fraction of sp³-hybridized carbons (Fsp3) is 0.143. The van der Waals surface area contributed by atoms with Crippen LogP contribution in [0.4, 0.5) is 5.69 Å². The second-order valence-electron chi connectivity index (χ2n) is 6.21. The number of benzene rings is 2. The predicted octanol–water partition coefficient (Wildman–Crippen LogP) is 3.19. The molecule has 7 nitrogen and oxygen atoms in total. The normalized spacial score (nSPS) is 10.6. The average Bonchev–Trinajstić information content (AvgIpc) is 2.75. The number of hydrogen-bond donors (Lipinski definition) is 2. The highest BCUT2D eigenvalue weighted by atomic mass is 79.9. The maximum absolute atomic E-state index is 12.7. The van der Waals surface area contributed by atoms with E-state index < -0.39 is 0 Å². The summed E-state index contributed by atoms with van der Waals surface area (Å²) < 4.78 is 2.23. The number of halogens is 1. The van der Waals surface area contributed by atoms with Crippen LogP contribution >= 0.6 is 27.7 Å².